The van der Waals surface area contributed by atoms with Gasteiger partial charge < -0.3 is 10.6 Å². The zero-order valence-electron chi connectivity index (χ0n) is 12.0. The third-order valence-electron chi connectivity index (χ3n) is 4.12. The van der Waals surface area contributed by atoms with Crippen LogP contribution in [0.3, 0.4) is 0 Å². The molecule has 1 aliphatic rings. The number of aryl methyl sites for hydroxylation is 1. The molecule has 1 fully saturated rings. The van der Waals surface area contributed by atoms with Crippen molar-refractivity contribution >= 4 is 11.5 Å². The minimum Gasteiger partial charge on any atom is -0.383 e. The quantitative estimate of drug-likeness (QED) is 0.912. The van der Waals surface area contributed by atoms with E-state index in [2.05, 4.69) is 27.9 Å². The van der Waals surface area contributed by atoms with Gasteiger partial charge >= 0.3 is 0 Å². The molecule has 3 heterocycles. The van der Waals surface area contributed by atoms with Crippen LogP contribution in [0.4, 0.5) is 11.5 Å². The second-order valence-electron chi connectivity index (χ2n) is 5.37. The number of nitrogens with zero attached hydrogens (tertiary/aromatic N) is 4. The molecule has 0 saturated carbocycles. The fraction of sp³-hybridized carbons (Fsp3) is 0.312. The number of pyridine rings is 2. The third kappa shape index (κ3) is 2.40. The molecular weight excluding hydrogens is 262 g/mol. The Labute approximate surface area is 124 Å². The molecule has 3 rings (SSSR count). The van der Waals surface area contributed by atoms with Crippen molar-refractivity contribution in [2.45, 2.75) is 19.3 Å². The van der Waals surface area contributed by atoms with Crippen LogP contribution in [0.5, 0.6) is 0 Å². The standard InChI is InChI=1S/C16H17N5/c1-11-2-5-19-9-14(11)12-4-7-21(10-12)15-3-6-20-16(18)13(15)8-17/h2-3,5-6,9,12H,4,7,10H2,1H3,(H2,18,20). The molecule has 106 valence electrons. The van der Waals surface area contributed by atoms with Crippen LogP contribution in [-0.4, -0.2) is 23.1 Å². The van der Waals surface area contributed by atoms with Crippen LogP contribution in [-0.2, 0) is 0 Å². The summed E-state index contributed by atoms with van der Waals surface area (Å²) < 4.78 is 0. The molecule has 0 radical (unpaired) electrons. The summed E-state index contributed by atoms with van der Waals surface area (Å²) in [7, 11) is 0. The highest BCUT2D eigenvalue weighted by molar-refractivity contribution is 5.67. The summed E-state index contributed by atoms with van der Waals surface area (Å²) in [5.41, 5.74) is 9.72. The number of anilines is 2. The van der Waals surface area contributed by atoms with E-state index in [4.69, 9.17) is 5.73 Å². The second kappa shape index (κ2) is 5.41. The summed E-state index contributed by atoms with van der Waals surface area (Å²) in [6, 6.07) is 6.08. The Morgan fingerprint density at radius 3 is 3.00 bits per heavy atom. The molecule has 0 aliphatic carbocycles. The SMILES string of the molecule is Cc1ccncc1C1CCN(c2ccnc(N)c2C#N)C1. The molecule has 2 aromatic heterocycles. The zero-order chi connectivity index (χ0) is 14.8. The first kappa shape index (κ1) is 13.4. The second-order valence-corrected chi connectivity index (χ2v) is 5.37. The van der Waals surface area contributed by atoms with Gasteiger partial charge in [-0.1, -0.05) is 0 Å². The number of hydrogen-bond donors (Lipinski definition) is 1. The molecule has 2 N–H and O–H groups in total. The van der Waals surface area contributed by atoms with E-state index in [1.807, 2.05) is 24.5 Å². The summed E-state index contributed by atoms with van der Waals surface area (Å²) in [4.78, 5) is 10.4. The van der Waals surface area contributed by atoms with Crippen molar-refractivity contribution in [2.24, 2.45) is 0 Å². The number of aromatic nitrogens is 2. The fourth-order valence-corrected chi connectivity index (χ4v) is 2.98. The highest BCUT2D eigenvalue weighted by Crippen LogP contribution is 2.34. The van der Waals surface area contributed by atoms with Gasteiger partial charge in [0, 0.05) is 37.6 Å². The Morgan fingerprint density at radius 1 is 1.38 bits per heavy atom. The van der Waals surface area contributed by atoms with E-state index in [0.29, 0.717) is 17.3 Å². The van der Waals surface area contributed by atoms with Gasteiger partial charge in [0.15, 0.2) is 0 Å². The summed E-state index contributed by atoms with van der Waals surface area (Å²) in [6.07, 6.45) is 6.49. The summed E-state index contributed by atoms with van der Waals surface area (Å²) >= 11 is 0. The van der Waals surface area contributed by atoms with E-state index in [0.717, 1.165) is 25.2 Å². The molecule has 1 saturated heterocycles. The lowest BCUT2D eigenvalue weighted by molar-refractivity contribution is 0.763. The fourth-order valence-electron chi connectivity index (χ4n) is 2.98. The highest BCUT2D eigenvalue weighted by Gasteiger charge is 2.27. The molecule has 0 aromatic carbocycles. The first-order valence-electron chi connectivity index (χ1n) is 7.00. The van der Waals surface area contributed by atoms with Crippen LogP contribution in [0.1, 0.15) is 29.0 Å². The molecule has 5 heteroatoms. The van der Waals surface area contributed by atoms with Gasteiger partial charge in [0.2, 0.25) is 0 Å². The summed E-state index contributed by atoms with van der Waals surface area (Å²) in [5, 5.41) is 9.28. The van der Waals surface area contributed by atoms with E-state index in [1.165, 1.54) is 11.1 Å². The minimum atomic E-state index is 0.302. The third-order valence-corrected chi connectivity index (χ3v) is 4.12. The predicted octanol–water partition coefficient (Wildman–Crippen LogP) is 2.23. The monoisotopic (exact) mass is 279 g/mol. The van der Waals surface area contributed by atoms with Crippen molar-refractivity contribution < 1.29 is 0 Å². The normalized spacial score (nSPS) is 17.7. The van der Waals surface area contributed by atoms with Crippen LogP contribution in [0.2, 0.25) is 0 Å². The van der Waals surface area contributed by atoms with Crippen LogP contribution in [0.25, 0.3) is 0 Å². The lowest BCUT2D eigenvalue weighted by atomic mass is 9.96. The van der Waals surface area contributed by atoms with Crippen molar-refractivity contribution in [3.05, 3.63) is 47.4 Å². The van der Waals surface area contributed by atoms with Gasteiger partial charge in [-0.2, -0.15) is 5.26 Å². The summed E-state index contributed by atoms with van der Waals surface area (Å²) in [6.45, 7) is 3.91. The van der Waals surface area contributed by atoms with Gasteiger partial charge in [-0.25, -0.2) is 4.98 Å². The zero-order valence-corrected chi connectivity index (χ0v) is 12.0. The lowest BCUT2D eigenvalue weighted by Gasteiger charge is -2.20. The highest BCUT2D eigenvalue weighted by atomic mass is 15.2. The van der Waals surface area contributed by atoms with Gasteiger partial charge in [0.1, 0.15) is 17.5 Å². The maximum Gasteiger partial charge on any atom is 0.143 e. The molecule has 5 nitrogen and oxygen atoms in total. The van der Waals surface area contributed by atoms with E-state index in [-0.39, 0.29) is 0 Å². The molecule has 0 amide bonds. The number of hydrogen-bond acceptors (Lipinski definition) is 5. The predicted molar refractivity (Wildman–Crippen MR) is 81.9 cm³/mol. The van der Waals surface area contributed by atoms with Gasteiger partial charge in [-0.3, -0.25) is 4.98 Å². The van der Waals surface area contributed by atoms with Crippen LogP contribution < -0.4 is 10.6 Å². The maximum atomic E-state index is 9.28. The first-order chi connectivity index (χ1) is 10.2. The van der Waals surface area contributed by atoms with E-state index in [1.54, 1.807) is 6.20 Å². The average Bonchev–Trinajstić information content (AvgIpc) is 2.97. The number of nitrogens with two attached hydrogens (primary N) is 1. The minimum absolute atomic E-state index is 0.302. The largest absolute Gasteiger partial charge is 0.383 e. The van der Waals surface area contributed by atoms with Gasteiger partial charge in [-0.05, 0) is 36.6 Å². The maximum absolute atomic E-state index is 9.28. The molecule has 1 atom stereocenters. The Hall–Kier alpha value is -2.61. The number of nitriles is 1. The molecular formula is C16H17N5. The molecule has 1 unspecified atom stereocenters. The Kier molecular flexibility index (Phi) is 3.44. The van der Waals surface area contributed by atoms with Crippen LogP contribution in [0.15, 0.2) is 30.7 Å². The van der Waals surface area contributed by atoms with Crippen molar-refractivity contribution in [1.82, 2.24) is 9.97 Å². The molecule has 2 aromatic rings. The van der Waals surface area contributed by atoms with Crippen molar-refractivity contribution in [1.29, 1.82) is 5.26 Å². The Morgan fingerprint density at radius 2 is 2.24 bits per heavy atom. The van der Waals surface area contributed by atoms with Crippen molar-refractivity contribution in [3.8, 4) is 6.07 Å². The van der Waals surface area contributed by atoms with Crippen molar-refractivity contribution in [2.75, 3.05) is 23.7 Å². The van der Waals surface area contributed by atoms with Gasteiger partial charge in [0.05, 0.1) is 5.69 Å². The van der Waals surface area contributed by atoms with Gasteiger partial charge in [0.25, 0.3) is 0 Å². The van der Waals surface area contributed by atoms with E-state index < -0.39 is 0 Å². The smallest absolute Gasteiger partial charge is 0.143 e. The number of nitrogen functional groups attached to an aromatic ring is 1. The topological polar surface area (TPSA) is 78.8 Å². The van der Waals surface area contributed by atoms with Crippen LogP contribution in [0, 0.1) is 18.3 Å². The molecule has 0 spiro atoms. The summed E-state index contributed by atoms with van der Waals surface area (Å²) in [5.74, 6) is 0.746. The molecule has 21 heavy (non-hydrogen) atoms. The Bertz CT molecular complexity index is 704. The molecule has 1 aliphatic heterocycles. The van der Waals surface area contributed by atoms with E-state index in [9.17, 15) is 5.26 Å². The van der Waals surface area contributed by atoms with Crippen LogP contribution >= 0.6 is 0 Å². The van der Waals surface area contributed by atoms with E-state index >= 15 is 0 Å². The Balaban J connectivity index is 1.87. The first-order valence-corrected chi connectivity index (χ1v) is 7.00. The van der Waals surface area contributed by atoms with Gasteiger partial charge in [-0.15, -0.1) is 0 Å². The number of rotatable bonds is 2. The molecule has 0 bridgehead atoms. The van der Waals surface area contributed by atoms with Crippen molar-refractivity contribution in [3.63, 3.8) is 0 Å². The lowest BCUT2D eigenvalue weighted by Crippen LogP contribution is -2.21. The average molecular weight is 279 g/mol.